The molecule has 2 aromatic rings. The SMILES string of the molecule is COc1ccc(C(=O)N2CCN=C2Nc2c(Cl)cccc2Cl)nc1. The van der Waals surface area contributed by atoms with Gasteiger partial charge in [-0.15, -0.1) is 0 Å². The summed E-state index contributed by atoms with van der Waals surface area (Å²) in [6.07, 6.45) is 1.50. The van der Waals surface area contributed by atoms with Crippen LogP contribution in [-0.2, 0) is 0 Å². The minimum atomic E-state index is -0.260. The van der Waals surface area contributed by atoms with Crippen LogP contribution in [0.25, 0.3) is 0 Å². The Balaban J connectivity index is 1.81. The van der Waals surface area contributed by atoms with Crippen molar-refractivity contribution in [2.75, 3.05) is 25.5 Å². The zero-order valence-electron chi connectivity index (χ0n) is 12.8. The molecule has 0 unspecified atom stereocenters. The molecule has 0 aliphatic carbocycles. The number of rotatable bonds is 3. The topological polar surface area (TPSA) is 66.8 Å². The zero-order valence-corrected chi connectivity index (χ0v) is 14.3. The van der Waals surface area contributed by atoms with E-state index in [-0.39, 0.29) is 5.91 Å². The molecule has 2 heterocycles. The maximum atomic E-state index is 12.7. The maximum absolute atomic E-state index is 12.7. The van der Waals surface area contributed by atoms with Crippen molar-refractivity contribution in [1.82, 2.24) is 9.88 Å². The largest absolute Gasteiger partial charge is 0.495 e. The predicted octanol–water partition coefficient (Wildman–Crippen LogP) is 3.32. The molecule has 0 saturated carbocycles. The van der Waals surface area contributed by atoms with Gasteiger partial charge in [-0.25, -0.2) is 4.98 Å². The third-order valence-electron chi connectivity index (χ3n) is 3.48. The number of nitrogens with one attached hydrogen (secondary N) is 1. The molecule has 1 aromatic carbocycles. The Kier molecular flexibility index (Phi) is 4.87. The first-order valence-electron chi connectivity index (χ1n) is 7.17. The van der Waals surface area contributed by atoms with Gasteiger partial charge in [0.15, 0.2) is 0 Å². The smallest absolute Gasteiger partial charge is 0.279 e. The Morgan fingerprint density at radius 3 is 2.62 bits per heavy atom. The van der Waals surface area contributed by atoms with Crippen LogP contribution < -0.4 is 10.1 Å². The van der Waals surface area contributed by atoms with Gasteiger partial charge in [0.1, 0.15) is 11.4 Å². The summed E-state index contributed by atoms with van der Waals surface area (Å²) in [7, 11) is 1.54. The van der Waals surface area contributed by atoms with Crippen LogP contribution in [0.1, 0.15) is 10.5 Å². The Morgan fingerprint density at radius 1 is 1.25 bits per heavy atom. The summed E-state index contributed by atoms with van der Waals surface area (Å²) in [5.41, 5.74) is 0.819. The van der Waals surface area contributed by atoms with E-state index in [4.69, 9.17) is 27.9 Å². The van der Waals surface area contributed by atoms with Crippen molar-refractivity contribution >= 4 is 40.8 Å². The lowest BCUT2D eigenvalue weighted by Gasteiger charge is -2.20. The minimum Gasteiger partial charge on any atom is -0.495 e. The van der Waals surface area contributed by atoms with E-state index in [0.29, 0.717) is 46.2 Å². The summed E-state index contributed by atoms with van der Waals surface area (Å²) < 4.78 is 5.05. The number of nitrogens with zero attached hydrogens (tertiary/aromatic N) is 3. The molecule has 0 radical (unpaired) electrons. The van der Waals surface area contributed by atoms with Gasteiger partial charge in [-0.1, -0.05) is 29.3 Å². The second-order valence-corrected chi connectivity index (χ2v) is 5.78. The summed E-state index contributed by atoms with van der Waals surface area (Å²) in [4.78, 5) is 22.6. The van der Waals surface area contributed by atoms with E-state index >= 15 is 0 Å². The van der Waals surface area contributed by atoms with Crippen LogP contribution in [0, 0.1) is 0 Å². The highest BCUT2D eigenvalue weighted by Gasteiger charge is 2.26. The van der Waals surface area contributed by atoms with Gasteiger partial charge < -0.3 is 10.1 Å². The fourth-order valence-electron chi connectivity index (χ4n) is 2.25. The summed E-state index contributed by atoms with van der Waals surface area (Å²) in [6, 6.07) is 8.46. The van der Waals surface area contributed by atoms with Crippen LogP contribution in [0.3, 0.4) is 0 Å². The van der Waals surface area contributed by atoms with Gasteiger partial charge in [-0.2, -0.15) is 0 Å². The van der Waals surface area contributed by atoms with Crippen molar-refractivity contribution in [3.8, 4) is 5.75 Å². The second kappa shape index (κ2) is 7.07. The number of aliphatic imine (C=N–C) groups is 1. The number of benzene rings is 1. The van der Waals surface area contributed by atoms with Crippen molar-refractivity contribution in [3.63, 3.8) is 0 Å². The molecule has 1 aliphatic heterocycles. The van der Waals surface area contributed by atoms with Gasteiger partial charge in [0.25, 0.3) is 5.91 Å². The third-order valence-corrected chi connectivity index (χ3v) is 4.11. The Morgan fingerprint density at radius 2 is 2.00 bits per heavy atom. The Hall–Kier alpha value is -2.31. The maximum Gasteiger partial charge on any atom is 0.279 e. The van der Waals surface area contributed by atoms with Crippen LogP contribution in [0.4, 0.5) is 5.69 Å². The first-order chi connectivity index (χ1) is 11.6. The van der Waals surface area contributed by atoms with E-state index in [1.54, 1.807) is 37.4 Å². The van der Waals surface area contributed by atoms with E-state index in [1.165, 1.54) is 11.1 Å². The fourth-order valence-corrected chi connectivity index (χ4v) is 2.74. The molecular formula is C16H14Cl2N4O2. The zero-order chi connectivity index (χ0) is 17.1. The van der Waals surface area contributed by atoms with E-state index in [1.807, 2.05) is 0 Å². The van der Waals surface area contributed by atoms with E-state index in [0.717, 1.165) is 0 Å². The quantitative estimate of drug-likeness (QED) is 0.906. The van der Waals surface area contributed by atoms with Crippen molar-refractivity contribution in [2.24, 2.45) is 4.99 Å². The summed E-state index contributed by atoms with van der Waals surface area (Å²) >= 11 is 12.3. The number of para-hydroxylation sites is 1. The fraction of sp³-hybridized carbons (Fsp3) is 0.188. The Bertz CT molecular complexity index is 773. The first-order valence-corrected chi connectivity index (χ1v) is 7.93. The van der Waals surface area contributed by atoms with Crippen molar-refractivity contribution in [2.45, 2.75) is 0 Å². The molecule has 0 saturated heterocycles. The standard InChI is InChI=1S/C16H14Cl2N4O2/c1-24-10-5-6-13(20-9-10)15(23)22-8-7-19-16(22)21-14-11(17)3-2-4-12(14)18/h2-6,9H,7-8H2,1H3,(H,19,21). The number of ether oxygens (including phenoxy) is 1. The molecule has 124 valence electrons. The normalized spacial score (nSPS) is 13.6. The van der Waals surface area contributed by atoms with Gasteiger partial charge in [0.2, 0.25) is 5.96 Å². The number of aromatic nitrogens is 1. The number of pyridine rings is 1. The molecular weight excluding hydrogens is 351 g/mol. The highest BCUT2D eigenvalue weighted by molar-refractivity contribution is 6.39. The number of carbonyl (C=O) groups is 1. The number of hydrogen-bond acceptors (Lipinski definition) is 5. The van der Waals surface area contributed by atoms with Gasteiger partial charge in [-0.05, 0) is 24.3 Å². The predicted molar refractivity (Wildman–Crippen MR) is 94.2 cm³/mol. The van der Waals surface area contributed by atoms with Gasteiger partial charge in [0, 0.05) is 6.54 Å². The Labute approximate surface area is 149 Å². The minimum absolute atomic E-state index is 0.260. The molecule has 24 heavy (non-hydrogen) atoms. The molecule has 1 aliphatic rings. The van der Waals surface area contributed by atoms with Crippen molar-refractivity contribution in [3.05, 3.63) is 52.3 Å². The van der Waals surface area contributed by atoms with Crippen LogP contribution in [0.2, 0.25) is 10.0 Å². The summed E-state index contributed by atoms with van der Waals surface area (Å²) in [5.74, 6) is 0.722. The molecule has 0 fully saturated rings. The average Bonchev–Trinajstić information content (AvgIpc) is 3.06. The lowest BCUT2D eigenvalue weighted by molar-refractivity contribution is 0.0852. The molecule has 1 N–H and O–H groups in total. The molecule has 8 heteroatoms. The van der Waals surface area contributed by atoms with Crippen molar-refractivity contribution in [1.29, 1.82) is 0 Å². The number of halogens is 2. The third kappa shape index (κ3) is 3.29. The lowest BCUT2D eigenvalue weighted by Crippen LogP contribution is -2.38. The first kappa shape index (κ1) is 16.5. The molecule has 1 amide bonds. The van der Waals surface area contributed by atoms with Crippen LogP contribution in [0.5, 0.6) is 5.75 Å². The number of carbonyl (C=O) groups excluding carboxylic acids is 1. The summed E-state index contributed by atoms with van der Waals surface area (Å²) in [6.45, 7) is 0.948. The number of anilines is 1. The van der Waals surface area contributed by atoms with Gasteiger partial charge in [-0.3, -0.25) is 14.7 Å². The number of amides is 1. The second-order valence-electron chi connectivity index (χ2n) is 4.97. The van der Waals surface area contributed by atoms with E-state index in [9.17, 15) is 4.79 Å². The molecule has 0 atom stereocenters. The monoisotopic (exact) mass is 364 g/mol. The molecule has 1 aromatic heterocycles. The highest BCUT2D eigenvalue weighted by Crippen LogP contribution is 2.30. The lowest BCUT2D eigenvalue weighted by atomic mass is 10.3. The van der Waals surface area contributed by atoms with Gasteiger partial charge in [0.05, 0.1) is 35.6 Å². The van der Waals surface area contributed by atoms with E-state index in [2.05, 4.69) is 15.3 Å². The van der Waals surface area contributed by atoms with Gasteiger partial charge >= 0.3 is 0 Å². The number of methoxy groups -OCH3 is 1. The summed E-state index contributed by atoms with van der Waals surface area (Å²) in [5, 5.41) is 3.94. The average molecular weight is 365 g/mol. The van der Waals surface area contributed by atoms with E-state index < -0.39 is 0 Å². The molecule has 0 bridgehead atoms. The number of guanidine groups is 1. The molecule has 0 spiro atoms. The van der Waals surface area contributed by atoms with Crippen molar-refractivity contribution < 1.29 is 9.53 Å². The van der Waals surface area contributed by atoms with Crippen LogP contribution >= 0.6 is 23.2 Å². The molecule has 3 rings (SSSR count). The van der Waals surface area contributed by atoms with Crippen LogP contribution in [0.15, 0.2) is 41.5 Å². The van der Waals surface area contributed by atoms with Crippen LogP contribution in [-0.4, -0.2) is 41.9 Å². The molecule has 6 nitrogen and oxygen atoms in total. The number of hydrogen-bond donors (Lipinski definition) is 1. The highest BCUT2D eigenvalue weighted by atomic mass is 35.5.